The zero-order valence-corrected chi connectivity index (χ0v) is 12.7. The molecule has 0 aromatic heterocycles. The van der Waals surface area contributed by atoms with Gasteiger partial charge in [-0.2, -0.15) is 0 Å². The number of hydrogen-bond donors (Lipinski definition) is 2. The molecule has 1 rings (SSSR count). The van der Waals surface area contributed by atoms with Crippen molar-refractivity contribution in [3.8, 4) is 0 Å². The smallest absolute Gasteiger partial charge is 0.240 e. The molecule has 114 valence electrons. The Bertz CT molecular complexity index is 503. The van der Waals surface area contributed by atoms with E-state index in [9.17, 15) is 8.42 Å². The molecule has 7 heteroatoms. The van der Waals surface area contributed by atoms with Gasteiger partial charge < -0.3 is 15.2 Å². The average Bonchev–Trinajstić information content (AvgIpc) is 2.43. The first-order valence-corrected chi connectivity index (χ1v) is 7.87. The standard InChI is InChI=1S/C13H22N2O4S/c1-11(14)12-4-3-5-13(10-12)20(16,17)15-6-7-19-9-8-18-2/h3-5,10-11,15H,6-9,14H2,1-2H3. The van der Waals surface area contributed by atoms with Gasteiger partial charge in [0.2, 0.25) is 10.0 Å². The lowest BCUT2D eigenvalue weighted by Gasteiger charge is -2.10. The number of sulfonamides is 1. The minimum absolute atomic E-state index is 0.206. The highest BCUT2D eigenvalue weighted by Crippen LogP contribution is 2.15. The van der Waals surface area contributed by atoms with Crippen molar-refractivity contribution in [1.82, 2.24) is 4.72 Å². The normalized spacial score (nSPS) is 13.3. The second kappa shape index (κ2) is 8.33. The summed E-state index contributed by atoms with van der Waals surface area (Å²) in [7, 11) is -1.95. The lowest BCUT2D eigenvalue weighted by atomic mass is 10.1. The molecule has 1 aromatic rings. The van der Waals surface area contributed by atoms with Crippen LogP contribution in [0.4, 0.5) is 0 Å². The largest absolute Gasteiger partial charge is 0.382 e. The third kappa shape index (κ3) is 5.56. The van der Waals surface area contributed by atoms with Crippen molar-refractivity contribution in [2.24, 2.45) is 5.73 Å². The van der Waals surface area contributed by atoms with Crippen molar-refractivity contribution in [2.75, 3.05) is 33.5 Å². The number of methoxy groups -OCH3 is 1. The van der Waals surface area contributed by atoms with Crippen LogP contribution in [0.15, 0.2) is 29.2 Å². The van der Waals surface area contributed by atoms with Crippen LogP contribution in [0.25, 0.3) is 0 Å². The fraction of sp³-hybridized carbons (Fsp3) is 0.538. The lowest BCUT2D eigenvalue weighted by molar-refractivity contribution is 0.0736. The molecule has 1 aromatic carbocycles. The molecule has 0 fully saturated rings. The highest BCUT2D eigenvalue weighted by Gasteiger charge is 2.14. The Morgan fingerprint density at radius 2 is 2.05 bits per heavy atom. The van der Waals surface area contributed by atoms with Crippen LogP contribution >= 0.6 is 0 Å². The van der Waals surface area contributed by atoms with E-state index in [1.807, 2.05) is 6.92 Å². The predicted octanol–water partition coefficient (Wildman–Crippen LogP) is 0.648. The average molecular weight is 302 g/mol. The van der Waals surface area contributed by atoms with Crippen LogP contribution in [0.2, 0.25) is 0 Å². The summed E-state index contributed by atoms with van der Waals surface area (Å²) >= 11 is 0. The minimum Gasteiger partial charge on any atom is -0.382 e. The topological polar surface area (TPSA) is 90.6 Å². The van der Waals surface area contributed by atoms with Gasteiger partial charge in [0.15, 0.2) is 0 Å². The quantitative estimate of drug-likeness (QED) is 0.654. The maximum absolute atomic E-state index is 12.1. The molecule has 6 nitrogen and oxygen atoms in total. The third-order valence-corrected chi connectivity index (χ3v) is 4.12. The molecule has 0 radical (unpaired) electrons. The lowest BCUT2D eigenvalue weighted by Crippen LogP contribution is -2.28. The van der Waals surface area contributed by atoms with Crippen molar-refractivity contribution >= 4 is 10.0 Å². The van der Waals surface area contributed by atoms with Crippen LogP contribution < -0.4 is 10.5 Å². The van der Waals surface area contributed by atoms with Crippen molar-refractivity contribution in [3.05, 3.63) is 29.8 Å². The fourth-order valence-electron chi connectivity index (χ4n) is 1.54. The second-order valence-electron chi connectivity index (χ2n) is 4.36. The molecule has 0 bridgehead atoms. The van der Waals surface area contributed by atoms with Gasteiger partial charge in [-0.3, -0.25) is 0 Å². The maximum atomic E-state index is 12.1. The molecule has 1 atom stereocenters. The fourth-order valence-corrected chi connectivity index (χ4v) is 2.61. The molecular weight excluding hydrogens is 280 g/mol. The van der Waals surface area contributed by atoms with Crippen molar-refractivity contribution in [1.29, 1.82) is 0 Å². The number of nitrogens with two attached hydrogens (primary N) is 1. The van der Waals surface area contributed by atoms with E-state index in [1.54, 1.807) is 31.4 Å². The highest BCUT2D eigenvalue weighted by molar-refractivity contribution is 7.89. The van der Waals surface area contributed by atoms with Gasteiger partial charge in [-0.1, -0.05) is 12.1 Å². The van der Waals surface area contributed by atoms with Crippen LogP contribution in [0.5, 0.6) is 0 Å². The van der Waals surface area contributed by atoms with Gasteiger partial charge >= 0.3 is 0 Å². The first-order valence-electron chi connectivity index (χ1n) is 6.39. The molecule has 0 heterocycles. The summed E-state index contributed by atoms with van der Waals surface area (Å²) in [4.78, 5) is 0.212. The second-order valence-corrected chi connectivity index (χ2v) is 6.13. The van der Waals surface area contributed by atoms with E-state index in [4.69, 9.17) is 15.2 Å². The Morgan fingerprint density at radius 3 is 2.70 bits per heavy atom. The number of nitrogens with one attached hydrogen (secondary N) is 1. The number of benzene rings is 1. The van der Waals surface area contributed by atoms with Crippen LogP contribution in [-0.4, -0.2) is 41.9 Å². The summed E-state index contributed by atoms with van der Waals surface area (Å²) in [6.07, 6.45) is 0. The summed E-state index contributed by atoms with van der Waals surface area (Å²) in [5, 5.41) is 0. The highest BCUT2D eigenvalue weighted by atomic mass is 32.2. The van der Waals surface area contributed by atoms with Crippen LogP contribution in [-0.2, 0) is 19.5 Å². The Labute approximate surface area is 120 Å². The first-order chi connectivity index (χ1) is 9.47. The zero-order chi connectivity index (χ0) is 15.0. The minimum atomic E-state index is -3.53. The molecule has 0 aliphatic heterocycles. The number of hydrogen-bond acceptors (Lipinski definition) is 5. The summed E-state index contributed by atoms with van der Waals surface area (Å²) in [6, 6.07) is 6.40. The van der Waals surface area contributed by atoms with E-state index in [0.29, 0.717) is 19.8 Å². The molecule has 0 saturated heterocycles. The van der Waals surface area contributed by atoms with Crippen LogP contribution in [0.3, 0.4) is 0 Å². The van der Waals surface area contributed by atoms with Gasteiger partial charge in [-0.15, -0.1) is 0 Å². The van der Waals surface area contributed by atoms with E-state index in [1.165, 1.54) is 0 Å². The molecule has 0 saturated carbocycles. The first kappa shape index (κ1) is 17.1. The van der Waals surface area contributed by atoms with E-state index in [0.717, 1.165) is 5.56 Å². The molecule has 0 aliphatic rings. The summed E-state index contributed by atoms with van der Waals surface area (Å²) < 4.78 is 36.6. The van der Waals surface area contributed by atoms with Gasteiger partial charge in [0, 0.05) is 19.7 Å². The van der Waals surface area contributed by atoms with E-state index >= 15 is 0 Å². The van der Waals surface area contributed by atoms with Crippen LogP contribution in [0.1, 0.15) is 18.5 Å². The SMILES string of the molecule is COCCOCCNS(=O)(=O)c1cccc(C(C)N)c1. The van der Waals surface area contributed by atoms with Gasteiger partial charge in [0.1, 0.15) is 0 Å². The molecule has 1 unspecified atom stereocenters. The van der Waals surface area contributed by atoms with Gasteiger partial charge in [-0.25, -0.2) is 13.1 Å². The summed E-state index contributed by atoms with van der Waals surface area (Å²) in [5.74, 6) is 0. The Hall–Kier alpha value is -0.990. The van der Waals surface area contributed by atoms with E-state index in [-0.39, 0.29) is 17.5 Å². The summed E-state index contributed by atoms with van der Waals surface area (Å²) in [6.45, 7) is 3.26. The van der Waals surface area contributed by atoms with E-state index in [2.05, 4.69) is 4.72 Å². The Balaban J connectivity index is 2.54. The molecule has 0 aliphatic carbocycles. The predicted molar refractivity (Wildman–Crippen MR) is 76.9 cm³/mol. The molecule has 0 amide bonds. The maximum Gasteiger partial charge on any atom is 0.240 e. The van der Waals surface area contributed by atoms with Gasteiger partial charge in [-0.05, 0) is 24.6 Å². The Kier molecular flexibility index (Phi) is 7.11. The molecule has 3 N–H and O–H groups in total. The Morgan fingerprint density at radius 1 is 1.30 bits per heavy atom. The zero-order valence-electron chi connectivity index (χ0n) is 11.8. The number of ether oxygens (including phenoxy) is 2. The van der Waals surface area contributed by atoms with Crippen molar-refractivity contribution < 1.29 is 17.9 Å². The molecule has 0 spiro atoms. The number of rotatable bonds is 9. The molecule has 20 heavy (non-hydrogen) atoms. The third-order valence-electron chi connectivity index (χ3n) is 2.66. The monoisotopic (exact) mass is 302 g/mol. The molecular formula is C13H22N2O4S. The van der Waals surface area contributed by atoms with Gasteiger partial charge in [0.25, 0.3) is 0 Å². The van der Waals surface area contributed by atoms with Crippen molar-refractivity contribution in [2.45, 2.75) is 17.9 Å². The van der Waals surface area contributed by atoms with E-state index < -0.39 is 10.0 Å². The van der Waals surface area contributed by atoms with Gasteiger partial charge in [0.05, 0.1) is 24.7 Å². The van der Waals surface area contributed by atoms with Crippen molar-refractivity contribution in [3.63, 3.8) is 0 Å². The van der Waals surface area contributed by atoms with Crippen LogP contribution in [0, 0.1) is 0 Å². The summed E-state index contributed by atoms with van der Waals surface area (Å²) in [5.41, 5.74) is 6.53.